The van der Waals surface area contributed by atoms with Gasteiger partial charge in [-0.05, 0) is 43.5 Å². The zero-order chi connectivity index (χ0) is 18.2. The van der Waals surface area contributed by atoms with Gasteiger partial charge in [-0.1, -0.05) is 43.3 Å². The number of para-hydroxylation sites is 2. The number of thioether (sulfide) groups is 1. The molecule has 0 aliphatic rings. The van der Waals surface area contributed by atoms with E-state index in [9.17, 15) is 9.59 Å². The SMILES string of the molecule is CCc1cccc(C)c1NC(=O)[C@@H](C)SCC(=O)Nc1ccccc1. The number of hydrogen-bond donors (Lipinski definition) is 2. The summed E-state index contributed by atoms with van der Waals surface area (Å²) in [5, 5.41) is 5.52. The largest absolute Gasteiger partial charge is 0.325 e. The Morgan fingerprint density at radius 2 is 1.76 bits per heavy atom. The van der Waals surface area contributed by atoms with E-state index < -0.39 is 0 Å². The van der Waals surface area contributed by atoms with E-state index in [1.165, 1.54) is 11.8 Å². The first kappa shape index (κ1) is 19.1. The maximum Gasteiger partial charge on any atom is 0.237 e. The average Bonchev–Trinajstić information content (AvgIpc) is 2.62. The monoisotopic (exact) mass is 356 g/mol. The van der Waals surface area contributed by atoms with Crippen LogP contribution in [0.2, 0.25) is 0 Å². The highest BCUT2D eigenvalue weighted by Crippen LogP contribution is 2.22. The third-order valence-electron chi connectivity index (χ3n) is 3.88. The Morgan fingerprint density at radius 3 is 2.44 bits per heavy atom. The maximum atomic E-state index is 12.4. The summed E-state index contributed by atoms with van der Waals surface area (Å²) in [6.07, 6.45) is 0.859. The van der Waals surface area contributed by atoms with E-state index in [-0.39, 0.29) is 22.8 Å². The summed E-state index contributed by atoms with van der Waals surface area (Å²) in [6.45, 7) is 5.87. The smallest absolute Gasteiger partial charge is 0.237 e. The van der Waals surface area contributed by atoms with Gasteiger partial charge in [0.1, 0.15) is 0 Å². The van der Waals surface area contributed by atoms with Crippen molar-refractivity contribution >= 4 is 35.0 Å². The quantitative estimate of drug-likeness (QED) is 0.779. The summed E-state index contributed by atoms with van der Waals surface area (Å²) in [7, 11) is 0. The van der Waals surface area contributed by atoms with Gasteiger partial charge in [0.25, 0.3) is 0 Å². The molecule has 0 aliphatic carbocycles. The zero-order valence-electron chi connectivity index (χ0n) is 14.8. The van der Waals surface area contributed by atoms with E-state index in [4.69, 9.17) is 0 Å². The molecule has 25 heavy (non-hydrogen) atoms. The van der Waals surface area contributed by atoms with Crippen LogP contribution in [0.5, 0.6) is 0 Å². The van der Waals surface area contributed by atoms with Gasteiger partial charge in [0.2, 0.25) is 11.8 Å². The molecule has 2 N–H and O–H groups in total. The highest BCUT2D eigenvalue weighted by Gasteiger charge is 2.17. The first-order chi connectivity index (χ1) is 12.0. The molecule has 1 atom stereocenters. The predicted molar refractivity (Wildman–Crippen MR) is 106 cm³/mol. The number of rotatable bonds is 7. The molecule has 2 aromatic carbocycles. The minimum absolute atomic E-state index is 0.0819. The second-order valence-electron chi connectivity index (χ2n) is 5.82. The van der Waals surface area contributed by atoms with Crippen LogP contribution in [-0.2, 0) is 16.0 Å². The Hall–Kier alpha value is -2.27. The molecular formula is C20H24N2O2S. The number of benzene rings is 2. The number of nitrogens with one attached hydrogen (secondary N) is 2. The summed E-state index contributed by atoms with van der Waals surface area (Å²) in [5.41, 5.74) is 3.81. The Balaban J connectivity index is 1.87. The first-order valence-electron chi connectivity index (χ1n) is 8.37. The second-order valence-corrected chi connectivity index (χ2v) is 7.15. The van der Waals surface area contributed by atoms with Crippen LogP contribution < -0.4 is 10.6 Å². The minimum Gasteiger partial charge on any atom is -0.325 e. The average molecular weight is 356 g/mol. The molecule has 2 rings (SSSR count). The van der Waals surface area contributed by atoms with Crippen LogP contribution >= 0.6 is 11.8 Å². The Kier molecular flexibility index (Phi) is 7.07. The van der Waals surface area contributed by atoms with Gasteiger partial charge in [-0.3, -0.25) is 9.59 Å². The van der Waals surface area contributed by atoms with E-state index in [1.54, 1.807) is 0 Å². The number of aryl methyl sites for hydroxylation is 2. The van der Waals surface area contributed by atoms with Crippen molar-refractivity contribution in [2.75, 3.05) is 16.4 Å². The normalized spacial score (nSPS) is 11.6. The summed E-state index contributed by atoms with van der Waals surface area (Å²) in [4.78, 5) is 24.4. The number of amides is 2. The molecular weight excluding hydrogens is 332 g/mol. The van der Waals surface area contributed by atoms with Crippen molar-refractivity contribution in [3.8, 4) is 0 Å². The van der Waals surface area contributed by atoms with Gasteiger partial charge in [-0.2, -0.15) is 0 Å². The molecule has 4 nitrogen and oxygen atoms in total. The van der Waals surface area contributed by atoms with Crippen molar-refractivity contribution in [2.24, 2.45) is 0 Å². The third kappa shape index (κ3) is 5.64. The molecule has 0 fully saturated rings. The van der Waals surface area contributed by atoms with Crippen LogP contribution in [0.15, 0.2) is 48.5 Å². The summed E-state index contributed by atoms with van der Waals surface area (Å²) < 4.78 is 0. The van der Waals surface area contributed by atoms with E-state index in [2.05, 4.69) is 17.6 Å². The fraction of sp³-hybridized carbons (Fsp3) is 0.300. The number of hydrogen-bond acceptors (Lipinski definition) is 3. The van der Waals surface area contributed by atoms with Crippen LogP contribution in [0, 0.1) is 6.92 Å². The van der Waals surface area contributed by atoms with Gasteiger partial charge in [-0.15, -0.1) is 11.8 Å². The lowest BCUT2D eigenvalue weighted by molar-refractivity contribution is -0.115. The molecule has 0 spiro atoms. The lowest BCUT2D eigenvalue weighted by atomic mass is 10.1. The van der Waals surface area contributed by atoms with Gasteiger partial charge in [0, 0.05) is 11.4 Å². The highest BCUT2D eigenvalue weighted by molar-refractivity contribution is 8.01. The standard InChI is InChI=1S/C20H24N2O2S/c1-4-16-10-8-9-14(2)19(16)22-20(24)15(3)25-13-18(23)21-17-11-6-5-7-12-17/h5-12,15H,4,13H2,1-3H3,(H,21,23)(H,22,24)/t15-/m1/s1. The molecule has 0 aliphatic heterocycles. The molecule has 0 bridgehead atoms. The van der Waals surface area contributed by atoms with Crippen LogP contribution in [-0.4, -0.2) is 22.8 Å². The topological polar surface area (TPSA) is 58.2 Å². The predicted octanol–water partition coefficient (Wildman–Crippen LogP) is 4.26. The van der Waals surface area contributed by atoms with Gasteiger partial charge in [0.15, 0.2) is 0 Å². The number of carbonyl (C=O) groups excluding carboxylic acids is 2. The van der Waals surface area contributed by atoms with Crippen molar-refractivity contribution in [3.05, 3.63) is 59.7 Å². The van der Waals surface area contributed by atoms with E-state index in [0.29, 0.717) is 0 Å². The zero-order valence-corrected chi connectivity index (χ0v) is 15.7. The molecule has 132 valence electrons. The molecule has 0 heterocycles. The van der Waals surface area contributed by atoms with Gasteiger partial charge in [0.05, 0.1) is 11.0 Å². The fourth-order valence-electron chi connectivity index (χ4n) is 2.42. The Morgan fingerprint density at radius 1 is 1.04 bits per heavy atom. The number of carbonyl (C=O) groups is 2. The van der Waals surface area contributed by atoms with Crippen molar-refractivity contribution in [3.63, 3.8) is 0 Å². The van der Waals surface area contributed by atoms with Gasteiger partial charge < -0.3 is 10.6 Å². The first-order valence-corrected chi connectivity index (χ1v) is 9.42. The van der Waals surface area contributed by atoms with Crippen LogP contribution in [0.3, 0.4) is 0 Å². The summed E-state index contributed by atoms with van der Waals surface area (Å²) in [6, 6.07) is 15.3. The molecule has 0 saturated carbocycles. The molecule has 0 radical (unpaired) electrons. The fourth-order valence-corrected chi connectivity index (χ4v) is 3.11. The van der Waals surface area contributed by atoms with E-state index in [0.717, 1.165) is 28.9 Å². The lowest BCUT2D eigenvalue weighted by Crippen LogP contribution is -2.25. The maximum absolute atomic E-state index is 12.4. The van der Waals surface area contributed by atoms with Crippen molar-refractivity contribution in [1.29, 1.82) is 0 Å². The molecule has 2 amide bonds. The molecule has 0 unspecified atom stereocenters. The second kappa shape index (κ2) is 9.28. The lowest BCUT2D eigenvalue weighted by Gasteiger charge is -2.16. The third-order valence-corrected chi connectivity index (χ3v) is 5.02. The molecule has 0 aromatic heterocycles. The van der Waals surface area contributed by atoms with Crippen molar-refractivity contribution in [2.45, 2.75) is 32.4 Å². The number of anilines is 2. The van der Waals surface area contributed by atoms with E-state index >= 15 is 0 Å². The molecule has 5 heteroatoms. The van der Waals surface area contributed by atoms with Crippen LogP contribution in [0.25, 0.3) is 0 Å². The summed E-state index contributed by atoms with van der Waals surface area (Å²) in [5.74, 6) is 0.0419. The Bertz CT molecular complexity index is 732. The van der Waals surface area contributed by atoms with Gasteiger partial charge >= 0.3 is 0 Å². The molecule has 2 aromatic rings. The van der Waals surface area contributed by atoms with E-state index in [1.807, 2.05) is 62.4 Å². The van der Waals surface area contributed by atoms with Crippen molar-refractivity contribution in [1.82, 2.24) is 0 Å². The van der Waals surface area contributed by atoms with Crippen LogP contribution in [0.4, 0.5) is 11.4 Å². The summed E-state index contributed by atoms with van der Waals surface area (Å²) >= 11 is 1.33. The Labute approximate surface area is 153 Å². The van der Waals surface area contributed by atoms with Crippen molar-refractivity contribution < 1.29 is 9.59 Å². The molecule has 0 saturated heterocycles. The van der Waals surface area contributed by atoms with Gasteiger partial charge in [-0.25, -0.2) is 0 Å². The minimum atomic E-state index is -0.314. The van der Waals surface area contributed by atoms with Crippen LogP contribution in [0.1, 0.15) is 25.0 Å². The highest BCUT2D eigenvalue weighted by atomic mass is 32.2.